The van der Waals surface area contributed by atoms with Crippen LogP contribution < -0.4 is 10.6 Å². The van der Waals surface area contributed by atoms with Gasteiger partial charge in [-0.15, -0.1) is 5.10 Å². The number of rotatable bonds is 3. The zero-order valence-electron chi connectivity index (χ0n) is 11.6. The molecular formula is C14H16FN5. The van der Waals surface area contributed by atoms with E-state index >= 15 is 0 Å². The molecule has 2 rings (SSSR count). The van der Waals surface area contributed by atoms with Crippen LogP contribution in [0.2, 0.25) is 0 Å². The first kappa shape index (κ1) is 13.9. The van der Waals surface area contributed by atoms with E-state index in [4.69, 9.17) is 11.1 Å². The Kier molecular flexibility index (Phi) is 3.65. The summed E-state index contributed by atoms with van der Waals surface area (Å²) in [6, 6.07) is 6.35. The predicted molar refractivity (Wildman–Crippen MR) is 77.0 cm³/mol. The molecule has 0 bridgehead atoms. The van der Waals surface area contributed by atoms with Gasteiger partial charge in [0.25, 0.3) is 0 Å². The summed E-state index contributed by atoms with van der Waals surface area (Å²) in [5.41, 5.74) is 7.93. The van der Waals surface area contributed by atoms with E-state index in [1.165, 1.54) is 6.07 Å². The third-order valence-corrected chi connectivity index (χ3v) is 3.24. The molecule has 0 amide bonds. The molecule has 1 aromatic heterocycles. The van der Waals surface area contributed by atoms with E-state index in [2.05, 4.69) is 10.2 Å². The summed E-state index contributed by atoms with van der Waals surface area (Å²) in [7, 11) is 1.67. The van der Waals surface area contributed by atoms with E-state index in [0.717, 1.165) is 5.56 Å². The molecule has 104 valence electrons. The molecule has 1 heterocycles. The van der Waals surface area contributed by atoms with Crippen LogP contribution in [-0.4, -0.2) is 23.1 Å². The van der Waals surface area contributed by atoms with E-state index in [0.29, 0.717) is 22.8 Å². The lowest BCUT2D eigenvalue weighted by Crippen LogP contribution is -2.23. The number of para-hydroxylation sites is 1. The number of nitrogens with one attached hydrogen (secondary N) is 1. The van der Waals surface area contributed by atoms with E-state index in [-0.39, 0.29) is 11.7 Å². The number of hydrogen-bond donors (Lipinski definition) is 2. The molecule has 0 aliphatic carbocycles. The third kappa shape index (κ3) is 2.32. The fraction of sp³-hybridized carbons (Fsp3) is 0.214. The van der Waals surface area contributed by atoms with Crippen molar-refractivity contribution in [1.29, 1.82) is 5.41 Å². The van der Waals surface area contributed by atoms with Crippen LogP contribution in [0.15, 0.2) is 24.3 Å². The Morgan fingerprint density at radius 3 is 2.50 bits per heavy atom. The molecule has 20 heavy (non-hydrogen) atoms. The molecule has 0 aliphatic rings. The number of amidine groups is 1. The van der Waals surface area contributed by atoms with Crippen molar-refractivity contribution in [2.24, 2.45) is 5.73 Å². The second-order valence-corrected chi connectivity index (χ2v) is 4.53. The molecule has 0 saturated carbocycles. The highest BCUT2D eigenvalue weighted by Gasteiger charge is 2.19. The van der Waals surface area contributed by atoms with Crippen LogP contribution in [0.1, 0.15) is 16.8 Å². The topological polar surface area (TPSA) is 78.9 Å². The van der Waals surface area contributed by atoms with Gasteiger partial charge >= 0.3 is 0 Å². The van der Waals surface area contributed by atoms with Gasteiger partial charge in [-0.05, 0) is 31.5 Å². The number of benzene rings is 1. The Labute approximate surface area is 116 Å². The largest absolute Gasteiger partial charge is 0.384 e. The molecule has 0 unspecified atom stereocenters. The number of nitrogens with two attached hydrogens (primary N) is 1. The molecule has 0 aliphatic heterocycles. The fourth-order valence-electron chi connectivity index (χ4n) is 1.99. The van der Waals surface area contributed by atoms with Gasteiger partial charge in [-0.2, -0.15) is 5.10 Å². The van der Waals surface area contributed by atoms with Gasteiger partial charge in [0.05, 0.1) is 16.9 Å². The second-order valence-electron chi connectivity index (χ2n) is 4.53. The molecule has 1 aromatic carbocycles. The van der Waals surface area contributed by atoms with Crippen LogP contribution in [0, 0.1) is 25.1 Å². The van der Waals surface area contributed by atoms with Crippen molar-refractivity contribution in [3.8, 4) is 0 Å². The lowest BCUT2D eigenvalue weighted by Gasteiger charge is -2.22. The van der Waals surface area contributed by atoms with Gasteiger partial charge in [-0.1, -0.05) is 12.1 Å². The Morgan fingerprint density at radius 1 is 1.25 bits per heavy atom. The van der Waals surface area contributed by atoms with Gasteiger partial charge in [0.1, 0.15) is 11.7 Å². The monoisotopic (exact) mass is 273 g/mol. The molecule has 0 fully saturated rings. The number of halogens is 1. The molecule has 0 radical (unpaired) electrons. The maximum absolute atomic E-state index is 13.9. The Morgan fingerprint density at radius 2 is 1.90 bits per heavy atom. The maximum atomic E-state index is 13.9. The van der Waals surface area contributed by atoms with Crippen molar-refractivity contribution in [2.75, 3.05) is 11.9 Å². The normalized spacial score (nSPS) is 10.4. The maximum Gasteiger partial charge on any atom is 0.166 e. The molecule has 6 heteroatoms. The first-order valence-electron chi connectivity index (χ1n) is 6.10. The van der Waals surface area contributed by atoms with Gasteiger partial charge in [0.2, 0.25) is 0 Å². The number of aryl methyl sites for hydroxylation is 1. The number of anilines is 2. The first-order valence-corrected chi connectivity index (χ1v) is 6.10. The fourth-order valence-corrected chi connectivity index (χ4v) is 1.99. The second kappa shape index (κ2) is 5.24. The summed E-state index contributed by atoms with van der Waals surface area (Å²) in [4.78, 5) is 1.55. The van der Waals surface area contributed by atoms with Crippen LogP contribution in [0.3, 0.4) is 0 Å². The van der Waals surface area contributed by atoms with Gasteiger partial charge in [0, 0.05) is 7.05 Å². The molecule has 0 spiro atoms. The van der Waals surface area contributed by atoms with Crippen molar-refractivity contribution >= 4 is 17.3 Å². The Balaban J connectivity index is 2.61. The summed E-state index contributed by atoms with van der Waals surface area (Å²) in [5.74, 6) is -0.117. The number of aromatic nitrogens is 2. The number of hydrogen-bond acceptors (Lipinski definition) is 4. The molecule has 3 N–H and O–H groups in total. The van der Waals surface area contributed by atoms with Crippen molar-refractivity contribution < 1.29 is 4.39 Å². The van der Waals surface area contributed by atoms with Gasteiger partial charge < -0.3 is 10.6 Å². The smallest absolute Gasteiger partial charge is 0.166 e. The van der Waals surface area contributed by atoms with Crippen LogP contribution in [-0.2, 0) is 0 Å². The van der Waals surface area contributed by atoms with Crippen LogP contribution in [0.5, 0.6) is 0 Å². The van der Waals surface area contributed by atoms with Crippen molar-refractivity contribution in [3.63, 3.8) is 0 Å². The highest BCUT2D eigenvalue weighted by molar-refractivity contribution is 6.01. The summed E-state index contributed by atoms with van der Waals surface area (Å²) in [5, 5.41) is 15.8. The van der Waals surface area contributed by atoms with Crippen molar-refractivity contribution in [1.82, 2.24) is 10.2 Å². The number of nitrogens with zero attached hydrogens (tertiary/aromatic N) is 3. The lowest BCUT2D eigenvalue weighted by molar-refractivity contribution is 0.627. The van der Waals surface area contributed by atoms with Gasteiger partial charge in [-0.25, -0.2) is 4.39 Å². The van der Waals surface area contributed by atoms with E-state index < -0.39 is 0 Å². The lowest BCUT2D eigenvalue weighted by atomic mass is 10.1. The van der Waals surface area contributed by atoms with Crippen LogP contribution in [0.4, 0.5) is 15.9 Å². The predicted octanol–water partition coefficient (Wildman–Crippen LogP) is 2.28. The standard InChI is InChI=1S/C14H16FN5/c1-8-9(2)18-19-14(12(8)13(16)17)20(3)11-7-5-4-6-10(11)15/h4-7H,1-3H3,(H3,16,17). The summed E-state index contributed by atoms with van der Waals surface area (Å²) in [6.07, 6.45) is 0. The molecule has 0 atom stereocenters. The van der Waals surface area contributed by atoms with Gasteiger partial charge in [0.15, 0.2) is 5.82 Å². The SMILES string of the molecule is Cc1nnc(N(C)c2ccccc2F)c(C(=N)N)c1C. The van der Waals surface area contributed by atoms with E-state index in [1.54, 1.807) is 37.1 Å². The van der Waals surface area contributed by atoms with Crippen LogP contribution >= 0.6 is 0 Å². The molecule has 5 nitrogen and oxygen atoms in total. The highest BCUT2D eigenvalue weighted by atomic mass is 19.1. The minimum absolute atomic E-state index is 0.112. The highest BCUT2D eigenvalue weighted by Crippen LogP contribution is 2.28. The Bertz CT molecular complexity index is 669. The number of nitrogen functional groups attached to an aromatic ring is 1. The average Bonchev–Trinajstić information content (AvgIpc) is 2.41. The van der Waals surface area contributed by atoms with Crippen LogP contribution in [0.25, 0.3) is 0 Å². The quantitative estimate of drug-likeness (QED) is 0.664. The molecular weight excluding hydrogens is 257 g/mol. The zero-order valence-corrected chi connectivity index (χ0v) is 11.6. The average molecular weight is 273 g/mol. The van der Waals surface area contributed by atoms with Crippen molar-refractivity contribution in [3.05, 3.63) is 46.9 Å². The van der Waals surface area contributed by atoms with Gasteiger partial charge in [-0.3, -0.25) is 5.41 Å². The summed E-state index contributed by atoms with van der Waals surface area (Å²) < 4.78 is 13.9. The molecule has 0 saturated heterocycles. The first-order chi connectivity index (χ1) is 9.43. The minimum Gasteiger partial charge on any atom is -0.384 e. The summed E-state index contributed by atoms with van der Waals surface area (Å²) in [6.45, 7) is 3.61. The van der Waals surface area contributed by atoms with E-state index in [1.807, 2.05) is 6.92 Å². The van der Waals surface area contributed by atoms with Crippen molar-refractivity contribution in [2.45, 2.75) is 13.8 Å². The summed E-state index contributed by atoms with van der Waals surface area (Å²) >= 11 is 0. The Hall–Kier alpha value is -2.50. The van der Waals surface area contributed by atoms with E-state index in [9.17, 15) is 4.39 Å². The minimum atomic E-state index is -0.371. The zero-order chi connectivity index (χ0) is 14.9. The molecule has 2 aromatic rings. The third-order valence-electron chi connectivity index (χ3n) is 3.24.